The Labute approximate surface area is 106 Å². The third-order valence-corrected chi connectivity index (χ3v) is 5.12. The van der Waals surface area contributed by atoms with Crippen LogP contribution in [0.15, 0.2) is 0 Å². The summed E-state index contributed by atoms with van der Waals surface area (Å²) in [6, 6.07) is 0. The smallest absolute Gasteiger partial charge is 0.211 e. The van der Waals surface area contributed by atoms with Gasteiger partial charge in [-0.3, -0.25) is 0 Å². The van der Waals surface area contributed by atoms with E-state index in [4.69, 9.17) is 0 Å². The summed E-state index contributed by atoms with van der Waals surface area (Å²) in [6.45, 7) is 6.50. The molecule has 2 bridgehead atoms. The standard InChI is InChI=1S/C9H17NO2S.C4H10/c1-10-13(11,12)6-9-5-7-2-3-8(9)4-7;1-4(2)3/h7-10H,2-6H2,1H3;4H,1-3H3. The van der Waals surface area contributed by atoms with Gasteiger partial charge in [-0.25, -0.2) is 13.1 Å². The number of hydrogen-bond acceptors (Lipinski definition) is 2. The van der Waals surface area contributed by atoms with Crippen molar-refractivity contribution < 1.29 is 8.42 Å². The average molecular weight is 261 g/mol. The van der Waals surface area contributed by atoms with Crippen LogP contribution < -0.4 is 4.72 Å². The van der Waals surface area contributed by atoms with Crippen LogP contribution in [0.5, 0.6) is 0 Å². The van der Waals surface area contributed by atoms with Crippen molar-refractivity contribution in [2.75, 3.05) is 12.8 Å². The molecule has 2 saturated carbocycles. The predicted octanol–water partition coefficient (Wildman–Crippen LogP) is 2.63. The first-order chi connectivity index (χ1) is 7.84. The highest BCUT2D eigenvalue weighted by molar-refractivity contribution is 7.89. The van der Waals surface area contributed by atoms with Gasteiger partial charge in [0.2, 0.25) is 10.0 Å². The highest BCUT2D eigenvalue weighted by Crippen LogP contribution is 2.48. The van der Waals surface area contributed by atoms with Crippen molar-refractivity contribution in [3.8, 4) is 0 Å². The number of fused-ring (bicyclic) bond motifs is 2. The van der Waals surface area contributed by atoms with Crippen molar-refractivity contribution in [3.63, 3.8) is 0 Å². The molecule has 0 aromatic heterocycles. The molecule has 0 aromatic rings. The molecule has 4 heteroatoms. The van der Waals surface area contributed by atoms with Crippen molar-refractivity contribution in [2.24, 2.45) is 23.7 Å². The van der Waals surface area contributed by atoms with E-state index in [1.54, 1.807) is 0 Å². The molecule has 0 saturated heterocycles. The van der Waals surface area contributed by atoms with Crippen molar-refractivity contribution in [2.45, 2.75) is 46.5 Å². The molecule has 2 rings (SSSR count). The molecular formula is C13H27NO2S. The third kappa shape index (κ3) is 4.96. The summed E-state index contributed by atoms with van der Waals surface area (Å²) in [7, 11) is -1.47. The maximum Gasteiger partial charge on any atom is 0.211 e. The Bertz CT molecular complexity index is 322. The molecule has 3 unspecified atom stereocenters. The second-order valence-electron chi connectivity index (χ2n) is 6.15. The van der Waals surface area contributed by atoms with Gasteiger partial charge in [0, 0.05) is 0 Å². The lowest BCUT2D eigenvalue weighted by Crippen LogP contribution is -2.29. The normalized spacial score (nSPS) is 31.5. The van der Waals surface area contributed by atoms with Crippen LogP contribution in [0.1, 0.15) is 46.5 Å². The van der Waals surface area contributed by atoms with Gasteiger partial charge in [0.05, 0.1) is 5.75 Å². The van der Waals surface area contributed by atoms with Gasteiger partial charge in [0.1, 0.15) is 0 Å². The zero-order valence-electron chi connectivity index (χ0n) is 11.6. The lowest BCUT2D eigenvalue weighted by Gasteiger charge is -2.20. The molecule has 3 atom stereocenters. The van der Waals surface area contributed by atoms with Crippen molar-refractivity contribution in [1.29, 1.82) is 0 Å². The fourth-order valence-electron chi connectivity index (χ4n) is 2.95. The fraction of sp³-hybridized carbons (Fsp3) is 1.00. The van der Waals surface area contributed by atoms with E-state index in [1.807, 2.05) is 0 Å². The van der Waals surface area contributed by atoms with E-state index >= 15 is 0 Å². The van der Waals surface area contributed by atoms with Crippen LogP contribution in [-0.2, 0) is 10.0 Å². The first-order valence-electron chi connectivity index (χ1n) is 6.75. The molecule has 17 heavy (non-hydrogen) atoms. The van der Waals surface area contributed by atoms with E-state index in [2.05, 4.69) is 25.5 Å². The molecule has 102 valence electrons. The van der Waals surface area contributed by atoms with Crippen LogP contribution in [-0.4, -0.2) is 21.2 Å². The fourth-order valence-corrected chi connectivity index (χ4v) is 4.08. The highest BCUT2D eigenvalue weighted by atomic mass is 32.2. The van der Waals surface area contributed by atoms with Crippen LogP contribution in [0.2, 0.25) is 0 Å². The zero-order valence-corrected chi connectivity index (χ0v) is 12.4. The zero-order chi connectivity index (χ0) is 13.1. The topological polar surface area (TPSA) is 46.2 Å². The van der Waals surface area contributed by atoms with Crippen molar-refractivity contribution >= 4 is 10.0 Å². The highest BCUT2D eigenvalue weighted by Gasteiger charge is 2.40. The van der Waals surface area contributed by atoms with Crippen molar-refractivity contribution in [3.05, 3.63) is 0 Å². The quantitative estimate of drug-likeness (QED) is 0.849. The molecule has 2 aliphatic carbocycles. The monoisotopic (exact) mass is 261 g/mol. The van der Waals surface area contributed by atoms with Gasteiger partial charge < -0.3 is 0 Å². The number of rotatable bonds is 3. The van der Waals surface area contributed by atoms with E-state index in [0.717, 1.165) is 18.3 Å². The number of sulfonamides is 1. The summed E-state index contributed by atoms with van der Waals surface area (Å²) in [5, 5.41) is 0. The second kappa shape index (κ2) is 6.19. The lowest BCUT2D eigenvalue weighted by molar-refractivity contribution is 0.359. The minimum atomic E-state index is -2.98. The van der Waals surface area contributed by atoms with Gasteiger partial charge in [0.15, 0.2) is 0 Å². The summed E-state index contributed by atoms with van der Waals surface area (Å²) in [5.74, 6) is 3.16. The Balaban J connectivity index is 0.000000317. The lowest BCUT2D eigenvalue weighted by atomic mass is 9.90. The molecule has 0 aromatic carbocycles. The number of nitrogens with one attached hydrogen (secondary N) is 1. The van der Waals surface area contributed by atoms with Gasteiger partial charge in [0.25, 0.3) is 0 Å². The third-order valence-electron chi connectivity index (χ3n) is 3.63. The molecule has 0 heterocycles. The first-order valence-corrected chi connectivity index (χ1v) is 8.40. The van der Waals surface area contributed by atoms with Gasteiger partial charge in [-0.2, -0.15) is 0 Å². The Morgan fingerprint density at radius 3 is 2.12 bits per heavy atom. The molecule has 1 N–H and O–H groups in total. The van der Waals surface area contributed by atoms with Crippen LogP contribution >= 0.6 is 0 Å². The van der Waals surface area contributed by atoms with Gasteiger partial charge >= 0.3 is 0 Å². The summed E-state index contributed by atoms with van der Waals surface area (Å²) >= 11 is 0. The minimum absolute atomic E-state index is 0.352. The SMILES string of the molecule is CC(C)C.CNS(=O)(=O)CC1CC2CCC1C2. The number of hydrogen-bond donors (Lipinski definition) is 1. The Morgan fingerprint density at radius 1 is 1.18 bits per heavy atom. The molecule has 3 nitrogen and oxygen atoms in total. The van der Waals surface area contributed by atoms with E-state index in [0.29, 0.717) is 17.6 Å². The van der Waals surface area contributed by atoms with Crippen LogP contribution in [0.3, 0.4) is 0 Å². The van der Waals surface area contributed by atoms with E-state index in [9.17, 15) is 8.42 Å². The molecule has 0 spiro atoms. The molecule has 2 fully saturated rings. The molecule has 2 aliphatic rings. The summed E-state index contributed by atoms with van der Waals surface area (Å²) in [6.07, 6.45) is 5.02. The summed E-state index contributed by atoms with van der Waals surface area (Å²) in [4.78, 5) is 0. The Hall–Kier alpha value is -0.0900. The molecule has 0 amide bonds. The maximum absolute atomic E-state index is 11.3. The van der Waals surface area contributed by atoms with E-state index < -0.39 is 10.0 Å². The molecule has 0 radical (unpaired) electrons. The van der Waals surface area contributed by atoms with Gasteiger partial charge in [-0.1, -0.05) is 27.2 Å². The average Bonchev–Trinajstić information content (AvgIpc) is 2.77. The molecule has 0 aliphatic heterocycles. The van der Waals surface area contributed by atoms with Crippen molar-refractivity contribution in [1.82, 2.24) is 4.72 Å². The summed E-state index contributed by atoms with van der Waals surface area (Å²) < 4.78 is 25.0. The van der Waals surface area contributed by atoms with Crippen LogP contribution in [0, 0.1) is 23.7 Å². The Morgan fingerprint density at radius 2 is 1.76 bits per heavy atom. The second-order valence-corrected chi connectivity index (χ2v) is 8.12. The van der Waals surface area contributed by atoms with Gasteiger partial charge in [-0.05, 0) is 50.0 Å². The minimum Gasteiger partial charge on any atom is -0.218 e. The summed E-state index contributed by atoms with van der Waals surface area (Å²) in [5.41, 5.74) is 0. The van der Waals surface area contributed by atoms with E-state index in [-0.39, 0.29) is 0 Å². The van der Waals surface area contributed by atoms with Gasteiger partial charge in [-0.15, -0.1) is 0 Å². The molecular weight excluding hydrogens is 234 g/mol. The maximum atomic E-state index is 11.3. The Kier molecular flexibility index (Phi) is 5.45. The van der Waals surface area contributed by atoms with Crippen LogP contribution in [0.25, 0.3) is 0 Å². The largest absolute Gasteiger partial charge is 0.218 e. The van der Waals surface area contributed by atoms with Crippen LogP contribution in [0.4, 0.5) is 0 Å². The van der Waals surface area contributed by atoms with E-state index in [1.165, 1.54) is 26.3 Å². The predicted molar refractivity (Wildman–Crippen MR) is 72.3 cm³/mol. The first kappa shape index (κ1) is 15.0.